The predicted octanol–water partition coefficient (Wildman–Crippen LogP) is 3.88. The van der Waals surface area contributed by atoms with Crippen molar-refractivity contribution in [1.29, 1.82) is 0 Å². The molecule has 3 aromatic rings. The summed E-state index contributed by atoms with van der Waals surface area (Å²) in [7, 11) is 0. The number of benzene rings is 2. The molecule has 1 aliphatic rings. The first-order valence-corrected chi connectivity index (χ1v) is 9.66. The van der Waals surface area contributed by atoms with E-state index in [-0.39, 0.29) is 5.75 Å². The molecule has 1 fully saturated rings. The SMILES string of the molecule is Oc1ccc(-c2nc(CN3CCN(C/C=C/c4ccccc4)CC3)co2)cc1. The van der Waals surface area contributed by atoms with Crippen LogP contribution in [0.5, 0.6) is 5.75 Å². The summed E-state index contributed by atoms with van der Waals surface area (Å²) in [5, 5.41) is 9.39. The van der Waals surface area contributed by atoms with Gasteiger partial charge in [-0.25, -0.2) is 4.98 Å². The first-order valence-electron chi connectivity index (χ1n) is 9.66. The molecule has 1 N–H and O–H groups in total. The maximum atomic E-state index is 9.39. The molecular weight excluding hydrogens is 350 g/mol. The van der Waals surface area contributed by atoms with Crippen LogP contribution in [-0.4, -0.2) is 52.6 Å². The largest absolute Gasteiger partial charge is 0.508 e. The van der Waals surface area contributed by atoms with E-state index < -0.39 is 0 Å². The van der Waals surface area contributed by atoms with Crippen LogP contribution < -0.4 is 0 Å². The first-order chi connectivity index (χ1) is 13.8. The van der Waals surface area contributed by atoms with Crippen LogP contribution in [0.4, 0.5) is 0 Å². The molecule has 0 amide bonds. The van der Waals surface area contributed by atoms with Crippen molar-refractivity contribution in [3.8, 4) is 17.2 Å². The molecular formula is C23H25N3O2. The molecule has 5 nitrogen and oxygen atoms in total. The molecule has 4 rings (SSSR count). The predicted molar refractivity (Wildman–Crippen MR) is 111 cm³/mol. The van der Waals surface area contributed by atoms with E-state index in [1.807, 2.05) is 18.2 Å². The molecule has 0 unspecified atom stereocenters. The summed E-state index contributed by atoms with van der Waals surface area (Å²) >= 11 is 0. The lowest BCUT2D eigenvalue weighted by Gasteiger charge is -2.33. The minimum absolute atomic E-state index is 0.243. The van der Waals surface area contributed by atoms with Gasteiger partial charge in [-0.05, 0) is 29.8 Å². The number of aromatic hydroxyl groups is 1. The molecule has 2 heterocycles. The lowest BCUT2D eigenvalue weighted by atomic mass is 10.2. The van der Waals surface area contributed by atoms with Crippen molar-refractivity contribution in [3.05, 3.63) is 78.2 Å². The Morgan fingerprint density at radius 3 is 2.39 bits per heavy atom. The number of nitrogens with zero attached hydrogens (tertiary/aromatic N) is 3. The van der Waals surface area contributed by atoms with E-state index in [1.54, 1.807) is 18.4 Å². The first kappa shape index (κ1) is 18.5. The van der Waals surface area contributed by atoms with Crippen LogP contribution in [0, 0.1) is 0 Å². The number of hydrogen-bond acceptors (Lipinski definition) is 5. The molecule has 0 atom stereocenters. The molecule has 5 heteroatoms. The average molecular weight is 375 g/mol. The number of rotatable bonds is 6. The van der Waals surface area contributed by atoms with E-state index >= 15 is 0 Å². The zero-order chi connectivity index (χ0) is 19.2. The van der Waals surface area contributed by atoms with Crippen LogP contribution in [-0.2, 0) is 6.54 Å². The highest BCUT2D eigenvalue weighted by molar-refractivity contribution is 5.54. The molecule has 2 aromatic carbocycles. The quantitative estimate of drug-likeness (QED) is 0.709. The Hall–Kier alpha value is -2.89. The van der Waals surface area contributed by atoms with Crippen molar-refractivity contribution in [2.45, 2.75) is 6.54 Å². The number of aromatic nitrogens is 1. The number of phenolic OH excluding ortho intramolecular Hbond substituents is 1. The van der Waals surface area contributed by atoms with Crippen LogP contribution in [0.25, 0.3) is 17.5 Å². The van der Waals surface area contributed by atoms with Crippen LogP contribution in [0.3, 0.4) is 0 Å². The molecule has 1 saturated heterocycles. The van der Waals surface area contributed by atoms with Crippen LogP contribution in [0.1, 0.15) is 11.3 Å². The van der Waals surface area contributed by atoms with Crippen molar-refractivity contribution < 1.29 is 9.52 Å². The topological polar surface area (TPSA) is 52.7 Å². The second-order valence-corrected chi connectivity index (χ2v) is 7.08. The zero-order valence-corrected chi connectivity index (χ0v) is 15.9. The molecule has 0 bridgehead atoms. The van der Waals surface area contributed by atoms with Gasteiger partial charge in [0.2, 0.25) is 5.89 Å². The summed E-state index contributed by atoms with van der Waals surface area (Å²) in [5.74, 6) is 0.840. The summed E-state index contributed by atoms with van der Waals surface area (Å²) in [4.78, 5) is 9.48. The molecule has 28 heavy (non-hydrogen) atoms. The molecule has 0 spiro atoms. The third-order valence-electron chi connectivity index (χ3n) is 4.99. The van der Waals surface area contributed by atoms with Gasteiger partial charge in [-0.1, -0.05) is 42.5 Å². The van der Waals surface area contributed by atoms with Gasteiger partial charge >= 0.3 is 0 Å². The molecule has 0 saturated carbocycles. The maximum absolute atomic E-state index is 9.39. The van der Waals surface area contributed by atoms with E-state index in [9.17, 15) is 5.11 Å². The Balaban J connectivity index is 1.24. The van der Waals surface area contributed by atoms with Gasteiger partial charge in [-0.3, -0.25) is 9.80 Å². The van der Waals surface area contributed by atoms with E-state index in [4.69, 9.17) is 4.42 Å². The molecule has 144 valence electrons. The number of hydrogen-bond donors (Lipinski definition) is 1. The van der Waals surface area contributed by atoms with Crippen LogP contribution in [0.15, 0.2) is 71.4 Å². The Bertz CT molecular complexity index is 895. The number of oxazole rings is 1. The lowest BCUT2D eigenvalue weighted by Crippen LogP contribution is -2.45. The third-order valence-corrected chi connectivity index (χ3v) is 4.99. The summed E-state index contributed by atoms with van der Waals surface area (Å²) in [6, 6.07) is 17.3. The lowest BCUT2D eigenvalue weighted by molar-refractivity contribution is 0.136. The van der Waals surface area contributed by atoms with Crippen LogP contribution >= 0.6 is 0 Å². The molecule has 1 aliphatic heterocycles. The van der Waals surface area contributed by atoms with E-state index in [0.29, 0.717) is 5.89 Å². The van der Waals surface area contributed by atoms with E-state index in [0.717, 1.165) is 50.5 Å². The summed E-state index contributed by atoms with van der Waals surface area (Å²) in [5.41, 5.74) is 3.07. The monoisotopic (exact) mass is 375 g/mol. The van der Waals surface area contributed by atoms with Gasteiger partial charge in [0.15, 0.2) is 0 Å². The highest BCUT2D eigenvalue weighted by Crippen LogP contribution is 2.21. The van der Waals surface area contributed by atoms with Crippen molar-refractivity contribution in [2.24, 2.45) is 0 Å². The van der Waals surface area contributed by atoms with Crippen molar-refractivity contribution in [2.75, 3.05) is 32.7 Å². The minimum Gasteiger partial charge on any atom is -0.508 e. The van der Waals surface area contributed by atoms with Gasteiger partial charge in [0.1, 0.15) is 12.0 Å². The smallest absolute Gasteiger partial charge is 0.226 e. The van der Waals surface area contributed by atoms with Gasteiger partial charge in [-0.15, -0.1) is 0 Å². The average Bonchev–Trinajstić information content (AvgIpc) is 3.19. The summed E-state index contributed by atoms with van der Waals surface area (Å²) in [6.45, 7) is 5.96. The van der Waals surface area contributed by atoms with Gasteiger partial charge in [-0.2, -0.15) is 0 Å². The minimum atomic E-state index is 0.243. The summed E-state index contributed by atoms with van der Waals surface area (Å²) < 4.78 is 5.61. The van der Waals surface area contributed by atoms with Crippen molar-refractivity contribution in [3.63, 3.8) is 0 Å². The zero-order valence-electron chi connectivity index (χ0n) is 15.9. The fraction of sp³-hybridized carbons (Fsp3) is 0.261. The Morgan fingerprint density at radius 1 is 0.929 bits per heavy atom. The highest BCUT2D eigenvalue weighted by atomic mass is 16.3. The number of phenols is 1. The van der Waals surface area contributed by atoms with Gasteiger partial charge in [0, 0.05) is 44.8 Å². The fourth-order valence-corrected chi connectivity index (χ4v) is 3.38. The van der Waals surface area contributed by atoms with Gasteiger partial charge in [0.05, 0.1) is 5.69 Å². The Kier molecular flexibility index (Phi) is 5.85. The molecule has 0 radical (unpaired) electrons. The highest BCUT2D eigenvalue weighted by Gasteiger charge is 2.17. The van der Waals surface area contributed by atoms with Crippen LogP contribution in [0.2, 0.25) is 0 Å². The second-order valence-electron chi connectivity index (χ2n) is 7.08. The fourth-order valence-electron chi connectivity index (χ4n) is 3.38. The summed E-state index contributed by atoms with van der Waals surface area (Å²) in [6.07, 6.45) is 6.16. The van der Waals surface area contributed by atoms with Gasteiger partial charge < -0.3 is 9.52 Å². The number of piperazine rings is 1. The molecule has 1 aromatic heterocycles. The van der Waals surface area contributed by atoms with Crippen molar-refractivity contribution >= 4 is 6.08 Å². The van der Waals surface area contributed by atoms with E-state index in [2.05, 4.69) is 51.2 Å². The van der Waals surface area contributed by atoms with Crippen molar-refractivity contribution in [1.82, 2.24) is 14.8 Å². The second kappa shape index (κ2) is 8.87. The third kappa shape index (κ3) is 4.88. The maximum Gasteiger partial charge on any atom is 0.226 e. The molecule has 0 aliphatic carbocycles. The standard InChI is InChI=1S/C23H25N3O2/c27-22-10-8-20(9-11-22)23-24-21(18-28-23)17-26-15-13-25(14-16-26)12-4-7-19-5-2-1-3-6-19/h1-11,18,27H,12-17H2/b7-4+. The Labute approximate surface area is 165 Å². The Morgan fingerprint density at radius 2 is 1.64 bits per heavy atom. The van der Waals surface area contributed by atoms with Gasteiger partial charge in [0.25, 0.3) is 0 Å². The normalized spacial score (nSPS) is 16.0. The van der Waals surface area contributed by atoms with E-state index in [1.165, 1.54) is 5.56 Å².